The molecule has 0 fully saturated rings. The maximum atomic E-state index is 14.8. The third kappa shape index (κ3) is 5.75. The van der Waals surface area contributed by atoms with Crippen molar-refractivity contribution >= 4 is 34.9 Å². The van der Waals surface area contributed by atoms with Gasteiger partial charge in [-0.2, -0.15) is 0 Å². The number of anilines is 1. The lowest BCUT2D eigenvalue weighted by Gasteiger charge is -2.17. The first-order chi connectivity index (χ1) is 12.7. The molecule has 7 heteroatoms. The molecular formula is C20H22Cl2FNO3. The Kier molecular flexibility index (Phi) is 7.33. The quantitative estimate of drug-likeness (QED) is 0.568. The lowest BCUT2D eigenvalue weighted by molar-refractivity contribution is -0.136. The molecule has 1 atom stereocenters. The summed E-state index contributed by atoms with van der Waals surface area (Å²) in [5.41, 5.74) is 2.17. The standard InChI is InChI=1S/C20H22Cl2FNO3/c1-4-12(3)24-17-6-11(2)5-14(19(17)23)10-27-20-15(21)7-13(8-16(20)22)9-18(25)26/h5-8,12,24H,4,9-10H2,1-3H3,(H,25,26). The van der Waals surface area contributed by atoms with Crippen molar-refractivity contribution in [3.8, 4) is 5.75 Å². The summed E-state index contributed by atoms with van der Waals surface area (Å²) >= 11 is 12.3. The summed E-state index contributed by atoms with van der Waals surface area (Å²) in [7, 11) is 0. The van der Waals surface area contributed by atoms with E-state index in [-0.39, 0.29) is 40.7 Å². The highest BCUT2D eigenvalue weighted by Gasteiger charge is 2.15. The number of aliphatic carboxylic acids is 1. The fraction of sp³-hybridized carbons (Fsp3) is 0.350. The molecular weight excluding hydrogens is 392 g/mol. The van der Waals surface area contributed by atoms with Gasteiger partial charge in [0.2, 0.25) is 0 Å². The summed E-state index contributed by atoms with van der Waals surface area (Å²) in [5.74, 6) is -1.17. The molecule has 0 saturated carbocycles. The van der Waals surface area contributed by atoms with E-state index < -0.39 is 5.97 Å². The van der Waals surface area contributed by atoms with Crippen molar-refractivity contribution in [3.63, 3.8) is 0 Å². The molecule has 4 nitrogen and oxygen atoms in total. The Balaban J connectivity index is 2.22. The Morgan fingerprint density at radius 3 is 2.44 bits per heavy atom. The first kappa shape index (κ1) is 21.3. The zero-order valence-corrected chi connectivity index (χ0v) is 16.9. The van der Waals surface area contributed by atoms with E-state index >= 15 is 0 Å². The maximum Gasteiger partial charge on any atom is 0.307 e. The first-order valence-corrected chi connectivity index (χ1v) is 9.34. The van der Waals surface area contributed by atoms with Crippen molar-refractivity contribution < 1.29 is 19.0 Å². The van der Waals surface area contributed by atoms with Gasteiger partial charge in [0.15, 0.2) is 11.6 Å². The summed E-state index contributed by atoms with van der Waals surface area (Å²) in [5, 5.41) is 12.4. The van der Waals surface area contributed by atoms with Crippen molar-refractivity contribution in [2.75, 3.05) is 5.32 Å². The highest BCUT2D eigenvalue weighted by molar-refractivity contribution is 6.37. The summed E-state index contributed by atoms with van der Waals surface area (Å²) in [4.78, 5) is 10.8. The molecule has 0 aromatic heterocycles. The number of benzene rings is 2. The summed E-state index contributed by atoms with van der Waals surface area (Å²) < 4.78 is 20.4. The number of ether oxygens (including phenoxy) is 1. The summed E-state index contributed by atoms with van der Waals surface area (Å²) in [6, 6.07) is 6.57. The van der Waals surface area contributed by atoms with Crippen LogP contribution in [0.4, 0.5) is 10.1 Å². The normalized spacial score (nSPS) is 11.9. The van der Waals surface area contributed by atoms with Gasteiger partial charge in [0.05, 0.1) is 22.2 Å². The Hall–Kier alpha value is -1.98. The van der Waals surface area contributed by atoms with Gasteiger partial charge in [0, 0.05) is 11.6 Å². The number of carboxylic acids is 1. The fourth-order valence-corrected chi connectivity index (χ4v) is 3.24. The van der Waals surface area contributed by atoms with Crippen LogP contribution < -0.4 is 10.1 Å². The van der Waals surface area contributed by atoms with E-state index in [0.29, 0.717) is 16.8 Å². The number of carboxylic acid groups (broad SMARTS) is 1. The Labute approximate surface area is 168 Å². The van der Waals surface area contributed by atoms with Gasteiger partial charge in [0.25, 0.3) is 0 Å². The highest BCUT2D eigenvalue weighted by Crippen LogP contribution is 2.35. The van der Waals surface area contributed by atoms with E-state index in [2.05, 4.69) is 5.32 Å². The summed E-state index contributed by atoms with van der Waals surface area (Å²) in [6.07, 6.45) is 0.671. The molecule has 2 rings (SSSR count). The van der Waals surface area contributed by atoms with Crippen LogP contribution in [0.3, 0.4) is 0 Å². The van der Waals surface area contributed by atoms with Crippen molar-refractivity contribution in [2.45, 2.75) is 46.3 Å². The molecule has 0 heterocycles. The molecule has 0 aliphatic carbocycles. The predicted molar refractivity (Wildman–Crippen MR) is 107 cm³/mol. The topological polar surface area (TPSA) is 58.6 Å². The van der Waals surface area contributed by atoms with Crippen LogP contribution in [0.2, 0.25) is 10.0 Å². The number of halogens is 3. The Morgan fingerprint density at radius 2 is 1.89 bits per heavy atom. The van der Waals surface area contributed by atoms with Gasteiger partial charge in [-0.15, -0.1) is 0 Å². The average molecular weight is 414 g/mol. The number of nitrogens with one attached hydrogen (secondary N) is 1. The lowest BCUT2D eigenvalue weighted by atomic mass is 10.1. The Bertz CT molecular complexity index is 819. The average Bonchev–Trinajstić information content (AvgIpc) is 2.57. The van der Waals surface area contributed by atoms with Crippen LogP contribution in [-0.4, -0.2) is 17.1 Å². The second kappa shape index (κ2) is 9.29. The van der Waals surface area contributed by atoms with Crippen LogP contribution >= 0.6 is 23.2 Å². The predicted octanol–water partition coefficient (Wildman–Crippen LogP) is 5.86. The summed E-state index contributed by atoms with van der Waals surface area (Å²) in [6.45, 7) is 5.83. The van der Waals surface area contributed by atoms with Crippen molar-refractivity contribution in [1.29, 1.82) is 0 Å². The molecule has 1 unspecified atom stereocenters. The van der Waals surface area contributed by atoms with Crippen LogP contribution in [0.15, 0.2) is 24.3 Å². The number of carbonyl (C=O) groups is 1. The minimum absolute atomic E-state index is 0.0551. The monoisotopic (exact) mass is 413 g/mol. The van der Waals surface area contributed by atoms with E-state index in [9.17, 15) is 9.18 Å². The molecule has 0 radical (unpaired) electrons. The second-order valence-corrected chi connectivity index (χ2v) is 7.30. The van der Waals surface area contributed by atoms with Crippen LogP contribution in [0.5, 0.6) is 5.75 Å². The minimum Gasteiger partial charge on any atom is -0.486 e. The minimum atomic E-state index is -0.987. The maximum absolute atomic E-state index is 14.8. The van der Waals surface area contributed by atoms with E-state index in [1.54, 1.807) is 12.1 Å². The Morgan fingerprint density at radius 1 is 1.26 bits per heavy atom. The number of hydrogen-bond acceptors (Lipinski definition) is 3. The molecule has 2 N–H and O–H groups in total. The fourth-order valence-electron chi connectivity index (χ4n) is 2.60. The van der Waals surface area contributed by atoms with E-state index in [0.717, 1.165) is 12.0 Å². The number of rotatable bonds is 8. The zero-order chi connectivity index (χ0) is 20.1. The zero-order valence-electron chi connectivity index (χ0n) is 15.4. The number of hydrogen-bond donors (Lipinski definition) is 2. The first-order valence-electron chi connectivity index (χ1n) is 8.59. The van der Waals surface area contributed by atoms with Crippen molar-refractivity contribution in [3.05, 3.63) is 56.8 Å². The smallest absolute Gasteiger partial charge is 0.307 e. The molecule has 0 aliphatic rings. The molecule has 2 aromatic rings. The van der Waals surface area contributed by atoms with Gasteiger partial charge in [-0.05, 0) is 55.7 Å². The van der Waals surface area contributed by atoms with Gasteiger partial charge in [-0.25, -0.2) is 4.39 Å². The van der Waals surface area contributed by atoms with Gasteiger partial charge >= 0.3 is 5.97 Å². The number of aryl methyl sites for hydroxylation is 1. The van der Waals surface area contributed by atoms with Crippen molar-refractivity contribution in [2.24, 2.45) is 0 Å². The SMILES string of the molecule is CCC(C)Nc1cc(C)cc(COc2c(Cl)cc(CC(=O)O)cc2Cl)c1F. The van der Waals surface area contributed by atoms with Crippen LogP contribution in [-0.2, 0) is 17.8 Å². The second-order valence-electron chi connectivity index (χ2n) is 6.49. The van der Waals surface area contributed by atoms with Crippen LogP contribution in [0.25, 0.3) is 0 Å². The van der Waals surface area contributed by atoms with E-state index in [1.165, 1.54) is 12.1 Å². The van der Waals surface area contributed by atoms with E-state index in [4.69, 9.17) is 33.0 Å². The molecule has 0 amide bonds. The van der Waals surface area contributed by atoms with Crippen molar-refractivity contribution in [1.82, 2.24) is 0 Å². The van der Waals surface area contributed by atoms with E-state index in [1.807, 2.05) is 20.8 Å². The lowest BCUT2D eigenvalue weighted by Crippen LogP contribution is -2.15. The largest absolute Gasteiger partial charge is 0.486 e. The molecule has 0 bridgehead atoms. The molecule has 2 aromatic carbocycles. The molecule has 0 saturated heterocycles. The van der Waals surface area contributed by atoms with Gasteiger partial charge in [-0.3, -0.25) is 4.79 Å². The van der Waals surface area contributed by atoms with Crippen LogP contribution in [0, 0.1) is 12.7 Å². The molecule has 0 aliphatic heterocycles. The van der Waals surface area contributed by atoms with Gasteiger partial charge < -0.3 is 15.2 Å². The third-order valence-electron chi connectivity index (χ3n) is 4.09. The van der Waals surface area contributed by atoms with Gasteiger partial charge in [-0.1, -0.05) is 30.1 Å². The third-order valence-corrected chi connectivity index (χ3v) is 4.65. The highest BCUT2D eigenvalue weighted by atomic mass is 35.5. The molecule has 27 heavy (non-hydrogen) atoms. The molecule has 146 valence electrons. The van der Waals surface area contributed by atoms with Gasteiger partial charge in [0.1, 0.15) is 6.61 Å². The molecule has 0 spiro atoms. The van der Waals surface area contributed by atoms with Crippen LogP contribution in [0.1, 0.15) is 37.0 Å².